The van der Waals surface area contributed by atoms with Crippen LogP contribution in [0.2, 0.25) is 0 Å². The van der Waals surface area contributed by atoms with Crippen LogP contribution in [0, 0.1) is 0 Å². The highest BCUT2D eigenvalue weighted by Crippen LogP contribution is 2.15. The summed E-state index contributed by atoms with van der Waals surface area (Å²) in [5.41, 5.74) is 0. The second-order valence-electron chi connectivity index (χ2n) is 19.8. The maximum Gasteiger partial charge on any atom is 0.306 e. The fourth-order valence-corrected chi connectivity index (χ4v) is 8.24. The van der Waals surface area contributed by atoms with Gasteiger partial charge in [-0.05, 0) is 122 Å². The molecule has 0 aromatic heterocycles. The van der Waals surface area contributed by atoms with Gasteiger partial charge in [0.1, 0.15) is 13.2 Å². The molecule has 6 heteroatoms. The summed E-state index contributed by atoms with van der Waals surface area (Å²) >= 11 is 0. The minimum absolute atomic E-state index is 0.0987. The summed E-state index contributed by atoms with van der Waals surface area (Å²) < 4.78 is 16.8. The molecule has 6 nitrogen and oxygen atoms in total. The van der Waals surface area contributed by atoms with E-state index in [9.17, 15) is 14.4 Å². The fraction of sp³-hybridized carbons (Fsp3) is 0.687. The van der Waals surface area contributed by atoms with Crippen molar-refractivity contribution in [3.8, 4) is 0 Å². The fourth-order valence-electron chi connectivity index (χ4n) is 8.24. The number of carbonyl (C=O) groups excluding carboxylic acids is 3. The monoisotopic (exact) mass is 1010 g/mol. The highest BCUT2D eigenvalue weighted by Gasteiger charge is 2.19. The van der Waals surface area contributed by atoms with Crippen molar-refractivity contribution >= 4 is 17.9 Å². The van der Waals surface area contributed by atoms with Gasteiger partial charge in [0.2, 0.25) is 0 Å². The first-order valence-electron chi connectivity index (χ1n) is 30.4. The third-order valence-electron chi connectivity index (χ3n) is 12.7. The van der Waals surface area contributed by atoms with Crippen LogP contribution >= 0.6 is 0 Å². The van der Waals surface area contributed by atoms with Gasteiger partial charge in [0.15, 0.2) is 6.10 Å². The zero-order valence-electron chi connectivity index (χ0n) is 47.6. The molecule has 1 unspecified atom stereocenters. The Bertz CT molecular complexity index is 1490. The first kappa shape index (κ1) is 69.1. The molecule has 1 atom stereocenters. The lowest BCUT2D eigenvalue weighted by molar-refractivity contribution is -0.167. The Morgan fingerprint density at radius 3 is 0.877 bits per heavy atom. The van der Waals surface area contributed by atoms with Gasteiger partial charge in [-0.1, -0.05) is 246 Å². The lowest BCUT2D eigenvalue weighted by Gasteiger charge is -2.18. The van der Waals surface area contributed by atoms with Gasteiger partial charge in [0.05, 0.1) is 0 Å². The highest BCUT2D eigenvalue weighted by molar-refractivity contribution is 5.71. The third-order valence-corrected chi connectivity index (χ3v) is 12.7. The molecule has 0 aromatic rings. The average molecular weight is 1010 g/mol. The van der Waals surface area contributed by atoms with Crippen LogP contribution < -0.4 is 0 Å². The minimum Gasteiger partial charge on any atom is -0.462 e. The number of rotatable bonds is 54. The van der Waals surface area contributed by atoms with Gasteiger partial charge in [-0.15, -0.1) is 0 Å². The first-order chi connectivity index (χ1) is 36.0. The molecule has 0 saturated heterocycles. The molecule has 0 heterocycles. The Labute approximate surface area is 450 Å². The molecule has 0 fully saturated rings. The van der Waals surface area contributed by atoms with Crippen molar-refractivity contribution in [1.29, 1.82) is 0 Å². The van der Waals surface area contributed by atoms with Crippen LogP contribution in [0.25, 0.3) is 0 Å². The Morgan fingerprint density at radius 1 is 0.288 bits per heavy atom. The van der Waals surface area contributed by atoms with Crippen LogP contribution in [0.1, 0.15) is 278 Å². The topological polar surface area (TPSA) is 78.9 Å². The van der Waals surface area contributed by atoms with E-state index in [1.807, 2.05) is 0 Å². The van der Waals surface area contributed by atoms with Gasteiger partial charge < -0.3 is 14.2 Å². The Kier molecular flexibility index (Phi) is 57.4. The average Bonchev–Trinajstić information content (AvgIpc) is 3.39. The van der Waals surface area contributed by atoms with E-state index in [1.54, 1.807) is 0 Å². The van der Waals surface area contributed by atoms with Crippen LogP contribution in [-0.4, -0.2) is 37.2 Å². The largest absolute Gasteiger partial charge is 0.462 e. The Morgan fingerprint density at radius 2 is 0.534 bits per heavy atom. The molecule has 73 heavy (non-hydrogen) atoms. The van der Waals surface area contributed by atoms with Gasteiger partial charge in [0, 0.05) is 19.3 Å². The number of carbonyl (C=O) groups is 3. The van der Waals surface area contributed by atoms with E-state index in [1.165, 1.54) is 122 Å². The van der Waals surface area contributed by atoms with Crippen LogP contribution in [0.15, 0.2) is 109 Å². The zero-order chi connectivity index (χ0) is 52.9. The normalized spacial score (nSPS) is 12.9. The molecule has 0 aliphatic carbocycles. The molecule has 0 rings (SSSR count). The standard InChI is InChI=1S/C67H112O6/c1-4-7-10-13-16-19-22-25-28-29-30-31-32-33-34-35-36-37-40-42-45-48-51-54-57-60-66(69)72-63-64(73-67(70)61-58-55-52-49-46-43-39-27-24-21-18-15-12-9-6-3)62-71-65(68)59-56-53-50-47-44-41-38-26-23-20-17-14-11-8-5-2/h7,9-10,12,16,18-19,21,25-28,30-31,38-39,46,49,64H,4-6,8,11,13-15,17,20,22-24,29,32-37,40-45,47-48,50-63H2,1-3H3/b10-7-,12-9-,19-16-,21-18-,28-25-,31-30-,38-26-,39-27-,49-46-. The number of ether oxygens (including phenoxy) is 3. The molecule has 0 aromatic carbocycles. The predicted molar refractivity (Wildman–Crippen MR) is 316 cm³/mol. The SMILES string of the molecule is CC/C=C\C/C=C\C/C=C\C/C=C\CCCCCCCCCCCCCCC(=O)OCC(COC(=O)CCCCCCC/C=C\CCCCCCCC)OC(=O)CCCC/C=C\C/C=C\C/C=C\C/C=C\CC. The molecule has 0 aliphatic rings. The number of unbranched alkanes of at least 4 members (excludes halogenated alkanes) is 25. The van der Waals surface area contributed by atoms with Crippen LogP contribution in [-0.2, 0) is 28.6 Å². The van der Waals surface area contributed by atoms with Gasteiger partial charge >= 0.3 is 17.9 Å². The summed E-state index contributed by atoms with van der Waals surface area (Å²) in [5, 5.41) is 0. The van der Waals surface area contributed by atoms with Crippen molar-refractivity contribution in [2.45, 2.75) is 284 Å². The zero-order valence-corrected chi connectivity index (χ0v) is 47.6. The van der Waals surface area contributed by atoms with Crippen molar-refractivity contribution in [1.82, 2.24) is 0 Å². The first-order valence-corrected chi connectivity index (χ1v) is 30.4. The van der Waals surface area contributed by atoms with E-state index >= 15 is 0 Å². The maximum atomic E-state index is 12.9. The molecule has 0 bridgehead atoms. The molecule has 0 N–H and O–H groups in total. The van der Waals surface area contributed by atoms with E-state index < -0.39 is 6.10 Å². The minimum atomic E-state index is -0.806. The number of esters is 3. The summed E-state index contributed by atoms with van der Waals surface area (Å²) in [4.78, 5) is 38.2. The van der Waals surface area contributed by atoms with Crippen molar-refractivity contribution in [2.75, 3.05) is 13.2 Å². The molecule has 0 radical (unpaired) electrons. The third kappa shape index (κ3) is 58.8. The summed E-state index contributed by atoms with van der Waals surface area (Å²) in [6.07, 6.45) is 82.3. The quantitative estimate of drug-likeness (QED) is 0.0261. The molecule has 0 saturated carbocycles. The van der Waals surface area contributed by atoms with Gasteiger partial charge in [-0.2, -0.15) is 0 Å². The summed E-state index contributed by atoms with van der Waals surface area (Å²) in [5.74, 6) is -0.947. The molecular weight excluding hydrogens is 901 g/mol. The van der Waals surface area contributed by atoms with Crippen molar-refractivity contribution in [3.05, 3.63) is 109 Å². The second kappa shape index (κ2) is 60.6. The van der Waals surface area contributed by atoms with Crippen LogP contribution in [0.3, 0.4) is 0 Å². The highest BCUT2D eigenvalue weighted by atomic mass is 16.6. The summed E-state index contributed by atoms with van der Waals surface area (Å²) in [6.45, 7) is 6.38. The molecule has 0 amide bonds. The van der Waals surface area contributed by atoms with Crippen molar-refractivity contribution < 1.29 is 28.6 Å². The van der Waals surface area contributed by atoms with E-state index in [4.69, 9.17) is 14.2 Å². The molecule has 0 aliphatic heterocycles. The van der Waals surface area contributed by atoms with Crippen LogP contribution in [0.4, 0.5) is 0 Å². The Balaban J connectivity index is 4.36. The molecule has 0 spiro atoms. The lowest BCUT2D eigenvalue weighted by atomic mass is 10.0. The molecular formula is C67H112O6. The number of allylic oxidation sites excluding steroid dienone is 18. The smallest absolute Gasteiger partial charge is 0.306 e. The molecule has 416 valence electrons. The van der Waals surface area contributed by atoms with Crippen molar-refractivity contribution in [3.63, 3.8) is 0 Å². The number of hydrogen-bond acceptors (Lipinski definition) is 6. The second-order valence-corrected chi connectivity index (χ2v) is 19.8. The van der Waals surface area contributed by atoms with E-state index in [-0.39, 0.29) is 37.5 Å². The van der Waals surface area contributed by atoms with Crippen LogP contribution in [0.5, 0.6) is 0 Å². The Hall–Kier alpha value is -3.93. The van der Waals surface area contributed by atoms with Gasteiger partial charge in [0.25, 0.3) is 0 Å². The van der Waals surface area contributed by atoms with E-state index in [0.29, 0.717) is 19.3 Å². The van der Waals surface area contributed by atoms with E-state index in [2.05, 4.69) is 130 Å². The van der Waals surface area contributed by atoms with Gasteiger partial charge in [-0.3, -0.25) is 14.4 Å². The van der Waals surface area contributed by atoms with Gasteiger partial charge in [-0.25, -0.2) is 0 Å². The lowest BCUT2D eigenvalue weighted by Crippen LogP contribution is -2.30. The number of hydrogen-bond donors (Lipinski definition) is 0. The summed E-state index contributed by atoms with van der Waals surface area (Å²) in [7, 11) is 0. The summed E-state index contributed by atoms with van der Waals surface area (Å²) in [6, 6.07) is 0. The maximum absolute atomic E-state index is 12.9. The van der Waals surface area contributed by atoms with Crippen molar-refractivity contribution in [2.24, 2.45) is 0 Å². The van der Waals surface area contributed by atoms with E-state index in [0.717, 1.165) is 109 Å². The predicted octanol–water partition coefficient (Wildman–Crippen LogP) is 20.7.